The van der Waals surface area contributed by atoms with E-state index in [1.807, 2.05) is 60.8 Å². The Kier molecular flexibility index (Phi) is 5.29. The standard InChI is InChI=1S/C22H17N3OS2/c1-14-6-8-15(9-7-14)18-12-28-22-20(18)21(26)24-19(25-22)13-27-11-17-5-3-2-4-16(17)10-23/h2-9,12H,11,13H2,1H3,(H,24,25,26). The number of H-pyrrole nitrogens is 1. The van der Waals surface area contributed by atoms with Crippen LogP contribution in [0.2, 0.25) is 0 Å². The van der Waals surface area contributed by atoms with Crippen molar-refractivity contribution in [2.75, 3.05) is 0 Å². The summed E-state index contributed by atoms with van der Waals surface area (Å²) in [6.07, 6.45) is 0. The zero-order chi connectivity index (χ0) is 19.5. The van der Waals surface area contributed by atoms with Gasteiger partial charge in [0.15, 0.2) is 0 Å². The van der Waals surface area contributed by atoms with Crippen molar-refractivity contribution < 1.29 is 0 Å². The molecule has 0 bridgehead atoms. The van der Waals surface area contributed by atoms with Crippen molar-refractivity contribution in [1.82, 2.24) is 9.97 Å². The SMILES string of the molecule is Cc1ccc(-c2csc3nc(CSCc4ccccc4C#N)[nH]c(=O)c23)cc1. The van der Waals surface area contributed by atoms with Crippen LogP contribution in [0.3, 0.4) is 0 Å². The lowest BCUT2D eigenvalue weighted by Crippen LogP contribution is -2.10. The van der Waals surface area contributed by atoms with E-state index in [0.717, 1.165) is 21.5 Å². The van der Waals surface area contributed by atoms with Gasteiger partial charge in [-0.3, -0.25) is 4.79 Å². The summed E-state index contributed by atoms with van der Waals surface area (Å²) in [6, 6.07) is 17.9. The zero-order valence-electron chi connectivity index (χ0n) is 15.2. The molecule has 2 heterocycles. The van der Waals surface area contributed by atoms with Crippen molar-refractivity contribution in [1.29, 1.82) is 5.26 Å². The van der Waals surface area contributed by atoms with Crippen LogP contribution in [0.4, 0.5) is 0 Å². The van der Waals surface area contributed by atoms with Gasteiger partial charge in [-0.05, 0) is 24.1 Å². The van der Waals surface area contributed by atoms with Gasteiger partial charge in [0.2, 0.25) is 0 Å². The van der Waals surface area contributed by atoms with Crippen LogP contribution in [-0.2, 0) is 11.5 Å². The van der Waals surface area contributed by atoms with Crippen LogP contribution < -0.4 is 5.56 Å². The van der Waals surface area contributed by atoms with E-state index < -0.39 is 0 Å². The molecule has 4 rings (SSSR count). The maximum Gasteiger partial charge on any atom is 0.260 e. The first-order chi connectivity index (χ1) is 13.7. The van der Waals surface area contributed by atoms with Gasteiger partial charge in [-0.2, -0.15) is 5.26 Å². The summed E-state index contributed by atoms with van der Waals surface area (Å²) in [6.45, 7) is 2.04. The lowest BCUT2D eigenvalue weighted by Gasteiger charge is -2.05. The first-order valence-electron chi connectivity index (χ1n) is 8.79. The lowest BCUT2D eigenvalue weighted by molar-refractivity contribution is 1.04. The van der Waals surface area contributed by atoms with E-state index in [2.05, 4.69) is 16.0 Å². The Balaban J connectivity index is 1.56. The van der Waals surface area contributed by atoms with Crippen LogP contribution in [0, 0.1) is 18.3 Å². The highest BCUT2D eigenvalue weighted by Gasteiger charge is 2.13. The molecule has 4 nitrogen and oxygen atoms in total. The molecule has 0 aliphatic carbocycles. The third kappa shape index (κ3) is 3.72. The normalized spacial score (nSPS) is 10.9. The summed E-state index contributed by atoms with van der Waals surface area (Å²) in [4.78, 5) is 21.0. The van der Waals surface area contributed by atoms with Gasteiger partial charge in [-0.1, -0.05) is 48.0 Å². The number of aryl methyl sites for hydroxylation is 1. The number of nitrogens with zero attached hydrogens (tertiary/aromatic N) is 2. The van der Waals surface area contributed by atoms with E-state index in [9.17, 15) is 10.1 Å². The molecule has 0 atom stereocenters. The Morgan fingerprint density at radius 2 is 1.93 bits per heavy atom. The Bertz CT molecular complexity index is 1230. The third-order valence-corrected chi connectivity index (χ3v) is 6.35. The maximum absolute atomic E-state index is 12.7. The van der Waals surface area contributed by atoms with E-state index in [-0.39, 0.29) is 5.56 Å². The minimum absolute atomic E-state index is 0.102. The molecule has 0 spiro atoms. The number of hydrogen-bond donors (Lipinski definition) is 1. The monoisotopic (exact) mass is 403 g/mol. The van der Waals surface area contributed by atoms with Gasteiger partial charge in [-0.25, -0.2) is 4.98 Å². The number of hydrogen-bond acceptors (Lipinski definition) is 5. The molecule has 0 saturated heterocycles. The molecular weight excluding hydrogens is 386 g/mol. The van der Waals surface area contributed by atoms with Crippen molar-refractivity contribution in [3.63, 3.8) is 0 Å². The number of thioether (sulfide) groups is 1. The van der Waals surface area contributed by atoms with Crippen LogP contribution in [0.5, 0.6) is 0 Å². The number of aromatic nitrogens is 2. The predicted molar refractivity (Wildman–Crippen MR) is 117 cm³/mol. The number of benzene rings is 2. The van der Waals surface area contributed by atoms with Crippen molar-refractivity contribution in [2.45, 2.75) is 18.4 Å². The first kappa shape index (κ1) is 18.5. The Morgan fingerprint density at radius 1 is 1.14 bits per heavy atom. The van der Waals surface area contributed by atoms with Crippen molar-refractivity contribution >= 4 is 33.3 Å². The second kappa shape index (κ2) is 8.01. The van der Waals surface area contributed by atoms with E-state index in [1.54, 1.807) is 11.8 Å². The summed E-state index contributed by atoms with van der Waals surface area (Å²) < 4.78 is 0. The van der Waals surface area contributed by atoms with Crippen LogP contribution >= 0.6 is 23.1 Å². The van der Waals surface area contributed by atoms with Gasteiger partial charge in [0.05, 0.1) is 22.8 Å². The van der Waals surface area contributed by atoms with E-state index in [0.29, 0.717) is 28.3 Å². The average molecular weight is 404 g/mol. The van der Waals surface area contributed by atoms with Crippen LogP contribution in [-0.4, -0.2) is 9.97 Å². The summed E-state index contributed by atoms with van der Waals surface area (Å²) >= 11 is 3.13. The van der Waals surface area contributed by atoms with Crippen molar-refractivity contribution in [3.05, 3.63) is 86.8 Å². The number of fused-ring (bicyclic) bond motifs is 1. The van der Waals surface area contributed by atoms with Gasteiger partial charge < -0.3 is 4.98 Å². The summed E-state index contributed by atoms with van der Waals surface area (Å²) in [5.74, 6) is 1.95. The maximum atomic E-state index is 12.7. The molecule has 0 aliphatic heterocycles. The highest BCUT2D eigenvalue weighted by atomic mass is 32.2. The minimum Gasteiger partial charge on any atom is -0.309 e. The van der Waals surface area contributed by atoms with Gasteiger partial charge in [0.25, 0.3) is 5.56 Å². The number of nitriles is 1. The summed E-state index contributed by atoms with van der Waals surface area (Å²) in [5.41, 5.74) is 4.72. The molecule has 0 amide bonds. The number of thiophene rings is 1. The van der Waals surface area contributed by atoms with E-state index in [1.165, 1.54) is 16.9 Å². The number of aromatic amines is 1. The molecule has 2 aromatic heterocycles. The average Bonchev–Trinajstić information content (AvgIpc) is 3.13. The Hall–Kier alpha value is -2.88. The fraction of sp³-hybridized carbons (Fsp3) is 0.136. The highest BCUT2D eigenvalue weighted by Crippen LogP contribution is 2.31. The second-order valence-corrected chi connectivity index (χ2v) is 8.31. The van der Waals surface area contributed by atoms with E-state index in [4.69, 9.17) is 0 Å². The van der Waals surface area contributed by atoms with Gasteiger partial charge >= 0.3 is 0 Å². The second-order valence-electron chi connectivity index (χ2n) is 6.47. The summed E-state index contributed by atoms with van der Waals surface area (Å²) in [7, 11) is 0. The molecule has 0 unspecified atom stereocenters. The van der Waals surface area contributed by atoms with Crippen molar-refractivity contribution in [2.24, 2.45) is 0 Å². The molecule has 4 aromatic rings. The number of nitrogens with one attached hydrogen (secondary N) is 1. The smallest absolute Gasteiger partial charge is 0.260 e. The quantitative estimate of drug-likeness (QED) is 0.493. The predicted octanol–water partition coefficient (Wildman–Crippen LogP) is 5.27. The Morgan fingerprint density at radius 3 is 2.71 bits per heavy atom. The van der Waals surface area contributed by atoms with Crippen molar-refractivity contribution in [3.8, 4) is 17.2 Å². The fourth-order valence-electron chi connectivity index (χ4n) is 3.02. The molecule has 2 aromatic carbocycles. The molecular formula is C22H17N3OS2. The minimum atomic E-state index is -0.102. The molecule has 0 aliphatic rings. The number of rotatable bonds is 5. The zero-order valence-corrected chi connectivity index (χ0v) is 16.9. The molecule has 0 saturated carbocycles. The van der Waals surface area contributed by atoms with Crippen LogP contribution in [0.25, 0.3) is 21.3 Å². The molecule has 138 valence electrons. The molecule has 1 N–H and O–H groups in total. The van der Waals surface area contributed by atoms with Gasteiger partial charge in [-0.15, -0.1) is 23.1 Å². The van der Waals surface area contributed by atoms with Gasteiger partial charge in [0, 0.05) is 16.7 Å². The fourth-order valence-corrected chi connectivity index (χ4v) is 4.89. The van der Waals surface area contributed by atoms with Crippen LogP contribution in [0.1, 0.15) is 22.5 Å². The van der Waals surface area contributed by atoms with Gasteiger partial charge in [0.1, 0.15) is 10.7 Å². The molecule has 0 fully saturated rings. The van der Waals surface area contributed by atoms with Crippen LogP contribution in [0.15, 0.2) is 58.7 Å². The van der Waals surface area contributed by atoms with E-state index >= 15 is 0 Å². The highest BCUT2D eigenvalue weighted by molar-refractivity contribution is 7.97. The largest absolute Gasteiger partial charge is 0.309 e. The third-order valence-electron chi connectivity index (χ3n) is 4.49. The summed E-state index contributed by atoms with van der Waals surface area (Å²) in [5, 5.41) is 11.8. The Labute approximate surface area is 170 Å². The lowest BCUT2D eigenvalue weighted by atomic mass is 10.1. The first-order valence-corrected chi connectivity index (χ1v) is 10.8. The molecule has 6 heteroatoms. The topological polar surface area (TPSA) is 69.5 Å². The molecule has 28 heavy (non-hydrogen) atoms. The molecule has 0 radical (unpaired) electrons.